The first-order valence-electron chi connectivity index (χ1n) is 10.2. The maximum Gasteiger partial charge on any atom is 0.279 e. The molecule has 0 unspecified atom stereocenters. The number of rotatable bonds is 6. The van der Waals surface area contributed by atoms with Crippen molar-refractivity contribution < 1.29 is 9.59 Å². The molecular formula is C25H22N4O2S. The van der Waals surface area contributed by atoms with Crippen molar-refractivity contribution in [3.63, 3.8) is 0 Å². The highest BCUT2D eigenvalue weighted by molar-refractivity contribution is 8.14. The van der Waals surface area contributed by atoms with E-state index in [-0.39, 0.29) is 17.6 Å². The van der Waals surface area contributed by atoms with E-state index in [4.69, 9.17) is 0 Å². The van der Waals surface area contributed by atoms with Crippen LogP contribution in [0.5, 0.6) is 0 Å². The lowest BCUT2D eigenvalue weighted by Gasteiger charge is -2.16. The summed E-state index contributed by atoms with van der Waals surface area (Å²) in [4.78, 5) is 26.9. The van der Waals surface area contributed by atoms with Crippen LogP contribution in [0.25, 0.3) is 0 Å². The number of para-hydroxylation sites is 2. The van der Waals surface area contributed by atoms with E-state index in [0.717, 1.165) is 22.5 Å². The summed E-state index contributed by atoms with van der Waals surface area (Å²) in [5.74, 6) is -0.0992. The van der Waals surface area contributed by atoms with Gasteiger partial charge in [0.05, 0.1) is 23.0 Å². The number of anilines is 2. The molecule has 6 nitrogen and oxygen atoms in total. The van der Waals surface area contributed by atoms with Crippen LogP contribution in [0.15, 0.2) is 95.1 Å². The Labute approximate surface area is 191 Å². The maximum absolute atomic E-state index is 13.1. The summed E-state index contributed by atoms with van der Waals surface area (Å²) in [6, 6.07) is 26.7. The van der Waals surface area contributed by atoms with Crippen LogP contribution in [0.1, 0.15) is 18.1 Å². The Kier molecular flexibility index (Phi) is 6.77. The van der Waals surface area contributed by atoms with Crippen LogP contribution in [-0.2, 0) is 16.1 Å². The Bertz CT molecular complexity index is 1180. The molecular weight excluding hydrogens is 420 g/mol. The van der Waals surface area contributed by atoms with E-state index in [2.05, 4.69) is 15.5 Å². The smallest absolute Gasteiger partial charge is 0.279 e. The van der Waals surface area contributed by atoms with Gasteiger partial charge in [-0.15, -0.1) is 10.2 Å². The fraction of sp³-hybridized carbons (Fsp3) is 0.120. The molecule has 2 amide bonds. The van der Waals surface area contributed by atoms with Crippen molar-refractivity contribution >= 4 is 45.7 Å². The molecule has 1 aliphatic rings. The highest BCUT2D eigenvalue weighted by Crippen LogP contribution is 2.30. The van der Waals surface area contributed by atoms with Gasteiger partial charge in [0.25, 0.3) is 5.91 Å². The van der Waals surface area contributed by atoms with Gasteiger partial charge < -0.3 is 10.2 Å². The minimum atomic E-state index is -0.182. The summed E-state index contributed by atoms with van der Waals surface area (Å²) < 4.78 is 0. The van der Waals surface area contributed by atoms with Crippen LogP contribution in [0.3, 0.4) is 0 Å². The highest BCUT2D eigenvalue weighted by atomic mass is 32.2. The molecule has 0 radical (unpaired) electrons. The van der Waals surface area contributed by atoms with Gasteiger partial charge in [-0.2, -0.15) is 0 Å². The Balaban J connectivity index is 1.45. The molecule has 7 heteroatoms. The maximum atomic E-state index is 13.1. The van der Waals surface area contributed by atoms with Crippen LogP contribution in [0.4, 0.5) is 11.4 Å². The number of thioether (sulfide) groups is 1. The van der Waals surface area contributed by atoms with Gasteiger partial charge >= 0.3 is 0 Å². The molecule has 0 saturated carbocycles. The van der Waals surface area contributed by atoms with E-state index in [0.29, 0.717) is 17.3 Å². The minimum absolute atomic E-state index is 0.125. The Morgan fingerprint density at radius 3 is 2.34 bits per heavy atom. The van der Waals surface area contributed by atoms with Crippen molar-refractivity contribution in [1.29, 1.82) is 0 Å². The summed E-state index contributed by atoms with van der Waals surface area (Å²) in [6.45, 7) is 2.24. The molecule has 0 fully saturated rings. The van der Waals surface area contributed by atoms with Crippen LogP contribution in [-0.4, -0.2) is 28.3 Å². The second kappa shape index (κ2) is 10.1. The number of carbonyl (C=O) groups excluding carboxylic acids is 2. The number of nitrogens with one attached hydrogen (secondary N) is 1. The van der Waals surface area contributed by atoms with Gasteiger partial charge in [0, 0.05) is 11.3 Å². The van der Waals surface area contributed by atoms with Crippen molar-refractivity contribution in [2.24, 2.45) is 10.2 Å². The lowest BCUT2D eigenvalue weighted by molar-refractivity contribution is -0.114. The van der Waals surface area contributed by atoms with E-state index in [1.165, 1.54) is 11.8 Å². The fourth-order valence-electron chi connectivity index (χ4n) is 3.32. The van der Waals surface area contributed by atoms with Gasteiger partial charge in [-0.25, -0.2) is 0 Å². The predicted octanol–water partition coefficient (Wildman–Crippen LogP) is 4.73. The van der Waals surface area contributed by atoms with Gasteiger partial charge in [-0.3, -0.25) is 9.59 Å². The van der Waals surface area contributed by atoms with E-state index in [1.807, 2.05) is 84.9 Å². The average molecular weight is 443 g/mol. The van der Waals surface area contributed by atoms with Crippen LogP contribution in [0.2, 0.25) is 0 Å². The zero-order valence-corrected chi connectivity index (χ0v) is 18.4. The molecule has 1 heterocycles. The van der Waals surface area contributed by atoms with Gasteiger partial charge in [0.15, 0.2) is 5.71 Å². The van der Waals surface area contributed by atoms with Crippen molar-refractivity contribution in [2.45, 2.75) is 13.5 Å². The molecule has 1 aliphatic heterocycles. The number of hydrogen-bond donors (Lipinski definition) is 1. The summed E-state index contributed by atoms with van der Waals surface area (Å²) in [5.41, 5.74) is 3.68. The summed E-state index contributed by atoms with van der Waals surface area (Å²) >= 11 is 1.28. The first kappa shape index (κ1) is 21.5. The normalized spacial score (nSPS) is 14.5. The van der Waals surface area contributed by atoms with E-state index < -0.39 is 0 Å². The van der Waals surface area contributed by atoms with Gasteiger partial charge in [0.1, 0.15) is 0 Å². The Morgan fingerprint density at radius 2 is 1.59 bits per heavy atom. The lowest BCUT2D eigenvalue weighted by atomic mass is 10.1. The summed E-state index contributed by atoms with van der Waals surface area (Å²) in [6.07, 6.45) is 0. The van der Waals surface area contributed by atoms with Crippen LogP contribution >= 0.6 is 11.8 Å². The molecule has 1 N–H and O–H groups in total. The van der Waals surface area contributed by atoms with Gasteiger partial charge in [0.2, 0.25) is 5.91 Å². The van der Waals surface area contributed by atoms with Crippen LogP contribution in [0, 0.1) is 0 Å². The van der Waals surface area contributed by atoms with Crippen molar-refractivity contribution in [3.8, 4) is 0 Å². The summed E-state index contributed by atoms with van der Waals surface area (Å²) in [5, 5.41) is 11.9. The first-order chi connectivity index (χ1) is 15.6. The Morgan fingerprint density at radius 1 is 0.938 bits per heavy atom. The SMILES string of the molecule is C/C(=N\N=C1/C(=O)N(Cc2ccccc2)c2ccccc21)SCC(=O)Nc1ccccc1. The lowest BCUT2D eigenvalue weighted by Crippen LogP contribution is -2.29. The molecule has 32 heavy (non-hydrogen) atoms. The molecule has 0 aliphatic carbocycles. The molecule has 4 rings (SSSR count). The highest BCUT2D eigenvalue weighted by Gasteiger charge is 2.33. The molecule has 0 aromatic heterocycles. The third-order valence-electron chi connectivity index (χ3n) is 4.84. The van der Waals surface area contributed by atoms with E-state index in [1.54, 1.807) is 11.8 Å². The molecule has 3 aromatic rings. The fourth-order valence-corrected chi connectivity index (χ4v) is 3.83. The van der Waals surface area contributed by atoms with Gasteiger partial charge in [-0.1, -0.05) is 78.5 Å². The predicted molar refractivity (Wildman–Crippen MR) is 131 cm³/mol. The van der Waals surface area contributed by atoms with Crippen molar-refractivity contribution in [2.75, 3.05) is 16.0 Å². The second-order valence-corrected chi connectivity index (χ2v) is 8.33. The molecule has 0 atom stereocenters. The van der Waals surface area contributed by atoms with E-state index >= 15 is 0 Å². The Hall–Kier alpha value is -3.71. The standard InChI is InChI=1S/C25H22N4O2S/c1-18(32-17-23(30)26-20-12-6-3-7-13-20)27-28-24-21-14-8-9-15-22(21)29(25(24)31)16-19-10-4-2-5-11-19/h2-15H,16-17H2,1H3,(H,26,30)/b27-18+,28-24-. The minimum Gasteiger partial charge on any atom is -0.325 e. The number of amides is 2. The quantitative estimate of drug-likeness (QED) is 0.341. The summed E-state index contributed by atoms with van der Waals surface area (Å²) in [7, 11) is 0. The molecule has 0 saturated heterocycles. The third-order valence-corrected chi connectivity index (χ3v) is 5.75. The van der Waals surface area contributed by atoms with Crippen molar-refractivity contribution in [1.82, 2.24) is 0 Å². The molecule has 160 valence electrons. The monoisotopic (exact) mass is 442 g/mol. The van der Waals surface area contributed by atoms with Crippen molar-refractivity contribution in [3.05, 3.63) is 96.1 Å². The van der Waals surface area contributed by atoms with Gasteiger partial charge in [-0.05, 0) is 30.7 Å². The van der Waals surface area contributed by atoms with Crippen LogP contribution < -0.4 is 10.2 Å². The number of carbonyl (C=O) groups is 2. The number of benzene rings is 3. The molecule has 3 aromatic carbocycles. The largest absolute Gasteiger partial charge is 0.325 e. The van der Waals surface area contributed by atoms with E-state index in [9.17, 15) is 9.59 Å². The molecule has 0 spiro atoms. The average Bonchev–Trinajstić information content (AvgIpc) is 3.08. The zero-order chi connectivity index (χ0) is 22.3. The second-order valence-electron chi connectivity index (χ2n) is 7.16. The first-order valence-corrected chi connectivity index (χ1v) is 11.2. The number of fused-ring (bicyclic) bond motifs is 1. The third kappa shape index (κ3) is 5.12. The topological polar surface area (TPSA) is 74.1 Å². The number of hydrogen-bond acceptors (Lipinski definition) is 5. The molecule has 0 bridgehead atoms. The number of nitrogens with zero attached hydrogens (tertiary/aromatic N) is 3. The zero-order valence-electron chi connectivity index (χ0n) is 17.6.